The fraction of sp³-hybridized carbons (Fsp3) is 0.909. The summed E-state index contributed by atoms with van der Waals surface area (Å²) in [4.78, 5) is 10.6. The van der Waals surface area contributed by atoms with Gasteiger partial charge in [-0.25, -0.2) is 0 Å². The number of hydrogen-bond acceptors (Lipinski definition) is 5. The van der Waals surface area contributed by atoms with Gasteiger partial charge in [-0.1, -0.05) is 42.9 Å². The van der Waals surface area contributed by atoms with Crippen molar-refractivity contribution in [3.05, 3.63) is 0 Å². The van der Waals surface area contributed by atoms with Crippen molar-refractivity contribution in [3.8, 4) is 0 Å². The molecule has 0 aromatic rings. The van der Waals surface area contributed by atoms with E-state index in [0.29, 0.717) is 6.54 Å². The smallest absolute Gasteiger partial charge is 0.146 e. The Hall–Kier alpha value is 0.290. The van der Waals surface area contributed by atoms with Crippen LogP contribution >= 0.6 is 21.6 Å². The average molecular weight is 271 g/mol. The van der Waals surface area contributed by atoms with Crippen LogP contribution in [0.3, 0.4) is 0 Å². The van der Waals surface area contributed by atoms with Crippen molar-refractivity contribution in [1.82, 2.24) is 0 Å². The molecule has 1 atom stereocenters. The molecule has 0 amide bonds. The van der Waals surface area contributed by atoms with Crippen molar-refractivity contribution in [3.63, 3.8) is 0 Å². The first-order valence-electron chi connectivity index (χ1n) is 4.63. The molecule has 0 saturated heterocycles. The second kappa shape index (κ2) is 20.7. The van der Waals surface area contributed by atoms with Gasteiger partial charge >= 0.3 is 0 Å². The maximum absolute atomic E-state index is 10.6. The highest BCUT2D eigenvalue weighted by Crippen LogP contribution is 2.09. The summed E-state index contributed by atoms with van der Waals surface area (Å²) >= 11 is 0. The highest BCUT2D eigenvalue weighted by atomic mass is 33.1. The number of Topliss-reactive ketones (excluding diaryl/α,β-unsaturated/α-hetero) is 1. The Kier molecular flexibility index (Phi) is 32.6. The topological polar surface area (TPSA) is 69.1 Å². The van der Waals surface area contributed by atoms with Gasteiger partial charge in [-0.2, -0.15) is 0 Å². The minimum atomic E-state index is -0.272. The van der Waals surface area contributed by atoms with Crippen molar-refractivity contribution in [2.45, 2.75) is 47.1 Å². The fourth-order valence-corrected chi connectivity index (χ4v) is 0.712. The first-order chi connectivity index (χ1) is 6.59. The van der Waals surface area contributed by atoms with E-state index in [1.165, 1.54) is 6.92 Å². The first kappa shape index (κ1) is 25.2. The molecule has 0 radical (unpaired) electrons. The summed E-state index contributed by atoms with van der Waals surface area (Å²) in [5, 5.41) is 0. The molecule has 4 N–H and O–H groups in total. The van der Waals surface area contributed by atoms with Crippen LogP contribution in [0.2, 0.25) is 0 Å². The molecule has 0 aromatic carbocycles. The van der Waals surface area contributed by atoms with Gasteiger partial charge in [-0.05, 0) is 38.8 Å². The molecule has 0 heterocycles. The lowest BCUT2D eigenvalue weighted by atomic mass is 10.1. The number of rotatable bonds is 6. The minimum absolute atomic E-state index is 0. The number of carbonyl (C=O) groups excluding carboxylic acids is 1. The monoisotopic (exact) mass is 270 g/mol. The summed E-state index contributed by atoms with van der Waals surface area (Å²) in [6.45, 7) is 2.21. The second-order valence-corrected chi connectivity index (χ2v) is 5.50. The van der Waals surface area contributed by atoms with Gasteiger partial charge in [-0.3, -0.25) is 4.79 Å². The van der Waals surface area contributed by atoms with E-state index in [4.69, 9.17) is 11.5 Å². The molecule has 0 spiro atoms. The van der Waals surface area contributed by atoms with E-state index in [2.05, 4.69) is 12.5 Å². The summed E-state index contributed by atoms with van der Waals surface area (Å²) in [6, 6.07) is -0.272. The van der Waals surface area contributed by atoms with E-state index >= 15 is 0 Å². The van der Waals surface area contributed by atoms with Crippen LogP contribution in [0, 0.1) is 0 Å². The average Bonchev–Trinajstić information content (AvgIpc) is 2.18. The number of carbonyl (C=O) groups is 1. The Morgan fingerprint density at radius 1 is 1.19 bits per heavy atom. The normalized spacial score (nSPS) is 10.1. The standard InChI is InChI=1S/C7H16N2O.C2H6S2.2CH4/c1-6(10)7(9)4-2-3-5-8;1-3-4-2;;/h7H,2-5,8-9H2,1H3;1-2H3;2*1H4/t7-;;;/m0.../s1. The minimum Gasteiger partial charge on any atom is -0.330 e. The van der Waals surface area contributed by atoms with Crippen molar-refractivity contribution in [2.24, 2.45) is 11.5 Å². The quantitative estimate of drug-likeness (QED) is 0.574. The predicted octanol–water partition coefficient (Wildman–Crippen LogP) is 2.93. The van der Waals surface area contributed by atoms with E-state index in [1.807, 2.05) is 0 Å². The van der Waals surface area contributed by atoms with Crippen LogP contribution in [-0.4, -0.2) is 30.9 Å². The summed E-state index contributed by atoms with van der Waals surface area (Å²) < 4.78 is 0. The third-order valence-corrected chi connectivity index (χ3v) is 2.99. The lowest BCUT2D eigenvalue weighted by Gasteiger charge is -2.05. The van der Waals surface area contributed by atoms with Crippen LogP contribution < -0.4 is 11.5 Å². The van der Waals surface area contributed by atoms with Gasteiger partial charge in [0.1, 0.15) is 5.78 Å². The molecule has 0 aliphatic heterocycles. The van der Waals surface area contributed by atoms with Crippen LogP contribution in [-0.2, 0) is 4.79 Å². The zero-order valence-corrected chi connectivity index (χ0v) is 10.9. The molecular formula is C11H30N2OS2. The molecule has 0 aromatic heterocycles. The molecule has 0 unspecified atom stereocenters. The zero-order valence-electron chi connectivity index (χ0n) is 9.29. The first-order valence-corrected chi connectivity index (χ1v) is 7.59. The van der Waals surface area contributed by atoms with Gasteiger partial charge in [-0.15, -0.1) is 0 Å². The van der Waals surface area contributed by atoms with Crippen LogP contribution in [0.15, 0.2) is 0 Å². The number of nitrogens with two attached hydrogens (primary N) is 2. The van der Waals surface area contributed by atoms with Crippen LogP contribution in [0.25, 0.3) is 0 Å². The highest BCUT2D eigenvalue weighted by molar-refractivity contribution is 8.76. The van der Waals surface area contributed by atoms with Gasteiger partial charge in [0.05, 0.1) is 6.04 Å². The van der Waals surface area contributed by atoms with Crippen molar-refractivity contribution in [1.29, 1.82) is 0 Å². The Morgan fingerprint density at radius 2 is 1.62 bits per heavy atom. The van der Waals surface area contributed by atoms with Gasteiger partial charge in [0.15, 0.2) is 0 Å². The highest BCUT2D eigenvalue weighted by Gasteiger charge is 2.05. The maximum atomic E-state index is 10.6. The molecule has 0 aliphatic rings. The molecule has 0 fully saturated rings. The Morgan fingerprint density at radius 3 is 1.88 bits per heavy atom. The molecule has 0 saturated carbocycles. The van der Waals surface area contributed by atoms with E-state index in [-0.39, 0.29) is 26.7 Å². The molecule has 16 heavy (non-hydrogen) atoms. The summed E-state index contributed by atoms with van der Waals surface area (Å²) in [5.41, 5.74) is 10.7. The Balaban J connectivity index is -0.000000105. The molecule has 0 rings (SSSR count). The molecule has 5 heteroatoms. The molecule has 3 nitrogen and oxygen atoms in total. The fourth-order valence-electron chi connectivity index (χ4n) is 0.712. The molecule has 0 aliphatic carbocycles. The summed E-state index contributed by atoms with van der Waals surface area (Å²) in [7, 11) is 3.55. The Labute approximate surface area is 110 Å². The lowest BCUT2D eigenvalue weighted by Crippen LogP contribution is -2.28. The number of unbranched alkanes of at least 4 members (excludes halogenated alkanes) is 1. The third-order valence-electron chi connectivity index (χ3n) is 1.66. The second-order valence-electron chi connectivity index (χ2n) is 2.83. The van der Waals surface area contributed by atoms with E-state index in [1.54, 1.807) is 21.6 Å². The van der Waals surface area contributed by atoms with Crippen LogP contribution in [0.5, 0.6) is 0 Å². The van der Waals surface area contributed by atoms with Gasteiger partial charge in [0.2, 0.25) is 0 Å². The third kappa shape index (κ3) is 23.8. The van der Waals surface area contributed by atoms with Crippen LogP contribution in [0.4, 0.5) is 0 Å². The lowest BCUT2D eigenvalue weighted by molar-refractivity contribution is -0.118. The summed E-state index contributed by atoms with van der Waals surface area (Å²) in [6.07, 6.45) is 6.81. The van der Waals surface area contributed by atoms with Crippen molar-refractivity contribution < 1.29 is 4.79 Å². The van der Waals surface area contributed by atoms with Crippen molar-refractivity contribution >= 4 is 27.4 Å². The predicted molar refractivity (Wildman–Crippen MR) is 82.1 cm³/mol. The van der Waals surface area contributed by atoms with E-state index < -0.39 is 0 Å². The van der Waals surface area contributed by atoms with Crippen LogP contribution in [0.1, 0.15) is 41.0 Å². The van der Waals surface area contributed by atoms with Gasteiger partial charge in [0.25, 0.3) is 0 Å². The van der Waals surface area contributed by atoms with E-state index in [9.17, 15) is 4.79 Å². The SMILES string of the molecule is C.C.CC(=O)[C@@H](N)CCCCN.CSSC. The Bertz CT molecular complexity index is 133. The zero-order chi connectivity index (χ0) is 11.4. The molecule has 0 bridgehead atoms. The van der Waals surface area contributed by atoms with Gasteiger partial charge < -0.3 is 11.5 Å². The van der Waals surface area contributed by atoms with E-state index in [0.717, 1.165) is 19.3 Å². The largest absolute Gasteiger partial charge is 0.330 e. The molecule has 102 valence electrons. The number of hydrogen-bond donors (Lipinski definition) is 2. The number of ketones is 1. The summed E-state index contributed by atoms with van der Waals surface area (Å²) in [5.74, 6) is 0.0667. The van der Waals surface area contributed by atoms with Crippen molar-refractivity contribution in [2.75, 3.05) is 19.1 Å². The maximum Gasteiger partial charge on any atom is 0.146 e. The van der Waals surface area contributed by atoms with Gasteiger partial charge in [0, 0.05) is 0 Å². The molecular weight excluding hydrogens is 240 g/mol.